The fourth-order valence-corrected chi connectivity index (χ4v) is 2.69. The minimum absolute atomic E-state index is 0.0956. The van der Waals surface area contributed by atoms with Gasteiger partial charge >= 0.3 is 0 Å². The number of aromatic amines is 1. The molecule has 1 aliphatic rings. The normalized spacial score (nSPS) is 14.6. The second-order valence-electron chi connectivity index (χ2n) is 5.69. The van der Waals surface area contributed by atoms with Crippen molar-refractivity contribution in [1.29, 1.82) is 0 Å². The molecular formula is C16H19N3O. The zero-order valence-electron chi connectivity index (χ0n) is 11.8. The van der Waals surface area contributed by atoms with Crippen molar-refractivity contribution in [2.75, 3.05) is 5.32 Å². The second kappa shape index (κ2) is 5.12. The molecule has 2 N–H and O–H groups in total. The van der Waals surface area contributed by atoms with Gasteiger partial charge < -0.3 is 10.3 Å². The number of anilines is 1. The van der Waals surface area contributed by atoms with Crippen molar-refractivity contribution >= 4 is 5.82 Å². The van der Waals surface area contributed by atoms with Gasteiger partial charge in [-0.05, 0) is 24.0 Å². The molecule has 4 heteroatoms. The summed E-state index contributed by atoms with van der Waals surface area (Å²) >= 11 is 0. The van der Waals surface area contributed by atoms with Crippen LogP contribution in [0.2, 0.25) is 0 Å². The van der Waals surface area contributed by atoms with E-state index in [1.807, 2.05) is 13.8 Å². The molecular weight excluding hydrogens is 250 g/mol. The smallest absolute Gasteiger partial charge is 0.252 e. The summed E-state index contributed by atoms with van der Waals surface area (Å²) in [4.78, 5) is 18.9. The molecule has 0 aliphatic heterocycles. The molecule has 0 saturated carbocycles. The van der Waals surface area contributed by atoms with Gasteiger partial charge in [0.25, 0.3) is 5.56 Å². The van der Waals surface area contributed by atoms with Crippen LogP contribution in [0.25, 0.3) is 0 Å². The minimum Gasteiger partial charge on any atom is -0.366 e. The Kier molecular flexibility index (Phi) is 3.30. The maximum Gasteiger partial charge on any atom is 0.252 e. The van der Waals surface area contributed by atoms with Crippen LogP contribution in [-0.4, -0.2) is 16.0 Å². The third-order valence-electron chi connectivity index (χ3n) is 3.71. The van der Waals surface area contributed by atoms with E-state index in [9.17, 15) is 4.79 Å². The number of nitrogens with zero attached hydrogens (tertiary/aromatic N) is 1. The zero-order valence-corrected chi connectivity index (χ0v) is 11.8. The average Bonchev–Trinajstić information content (AvgIpc) is 2.79. The van der Waals surface area contributed by atoms with Gasteiger partial charge in [0.15, 0.2) is 0 Å². The first-order valence-electron chi connectivity index (χ1n) is 7.06. The second-order valence-corrected chi connectivity index (χ2v) is 5.69. The molecule has 4 nitrogen and oxygen atoms in total. The molecule has 0 saturated heterocycles. The van der Waals surface area contributed by atoms with Crippen molar-refractivity contribution in [1.82, 2.24) is 9.97 Å². The number of fused-ring (bicyclic) bond motifs is 1. The highest BCUT2D eigenvalue weighted by molar-refractivity contribution is 5.41. The molecule has 3 rings (SSSR count). The van der Waals surface area contributed by atoms with Gasteiger partial charge in [0, 0.05) is 18.0 Å². The third-order valence-corrected chi connectivity index (χ3v) is 3.71. The maximum absolute atomic E-state index is 11.7. The van der Waals surface area contributed by atoms with Crippen LogP contribution >= 0.6 is 0 Å². The molecule has 0 spiro atoms. The molecule has 104 valence electrons. The van der Waals surface area contributed by atoms with Crippen LogP contribution < -0.4 is 10.9 Å². The highest BCUT2D eigenvalue weighted by Crippen LogP contribution is 2.23. The minimum atomic E-state index is -0.0956. The Labute approximate surface area is 118 Å². The maximum atomic E-state index is 11.7. The van der Waals surface area contributed by atoms with Crippen molar-refractivity contribution in [2.45, 2.75) is 38.6 Å². The van der Waals surface area contributed by atoms with E-state index in [1.54, 1.807) is 0 Å². The fourth-order valence-electron chi connectivity index (χ4n) is 2.69. The van der Waals surface area contributed by atoms with Gasteiger partial charge in [0.2, 0.25) is 0 Å². The number of nitrogens with one attached hydrogen (secondary N) is 2. The van der Waals surface area contributed by atoms with E-state index in [2.05, 4.69) is 39.6 Å². The number of H-pyrrole nitrogens is 1. The predicted octanol–water partition coefficient (Wildman–Crippen LogP) is 2.47. The first-order chi connectivity index (χ1) is 9.61. The van der Waals surface area contributed by atoms with Crippen LogP contribution in [0.15, 0.2) is 35.1 Å². The lowest BCUT2D eigenvalue weighted by atomic mass is 10.1. The number of rotatable bonds is 3. The topological polar surface area (TPSA) is 57.8 Å². The van der Waals surface area contributed by atoms with Gasteiger partial charge in [-0.2, -0.15) is 0 Å². The van der Waals surface area contributed by atoms with E-state index in [-0.39, 0.29) is 11.5 Å². The van der Waals surface area contributed by atoms with Gasteiger partial charge in [0.05, 0.1) is 0 Å². The Hall–Kier alpha value is -2.10. The lowest BCUT2D eigenvalue weighted by Crippen LogP contribution is -2.23. The lowest BCUT2D eigenvalue weighted by molar-refractivity contribution is 0.741. The third kappa shape index (κ3) is 2.59. The van der Waals surface area contributed by atoms with Crippen molar-refractivity contribution < 1.29 is 0 Å². The number of hydrogen-bond donors (Lipinski definition) is 2. The van der Waals surface area contributed by atoms with Crippen LogP contribution in [0, 0.1) is 0 Å². The van der Waals surface area contributed by atoms with Crippen molar-refractivity contribution in [3.8, 4) is 0 Å². The standard InChI is InChI=1S/C16H19N3O/c1-10(2)16-18-14(9-15(20)19-16)17-13-7-11-5-3-4-6-12(11)8-13/h3-6,9-10,13H,7-8H2,1-2H3,(H2,17,18,19,20). The van der Waals surface area contributed by atoms with Gasteiger partial charge in [-0.3, -0.25) is 4.79 Å². The number of aromatic nitrogens is 2. The van der Waals surface area contributed by atoms with E-state index < -0.39 is 0 Å². The monoisotopic (exact) mass is 269 g/mol. The molecule has 1 aromatic heterocycles. The molecule has 0 fully saturated rings. The summed E-state index contributed by atoms with van der Waals surface area (Å²) < 4.78 is 0. The molecule has 1 heterocycles. The van der Waals surface area contributed by atoms with Crippen LogP contribution in [0.3, 0.4) is 0 Å². The summed E-state index contributed by atoms with van der Waals surface area (Å²) in [6, 6.07) is 10.3. The van der Waals surface area contributed by atoms with Crippen molar-refractivity contribution in [3.63, 3.8) is 0 Å². The average molecular weight is 269 g/mol. The molecule has 0 radical (unpaired) electrons. The Balaban J connectivity index is 1.78. The van der Waals surface area contributed by atoms with E-state index >= 15 is 0 Å². The summed E-state index contributed by atoms with van der Waals surface area (Å²) in [6.45, 7) is 4.04. The van der Waals surface area contributed by atoms with E-state index in [4.69, 9.17) is 0 Å². The van der Waals surface area contributed by atoms with Crippen LogP contribution in [0.4, 0.5) is 5.82 Å². The van der Waals surface area contributed by atoms with Crippen molar-refractivity contribution in [3.05, 3.63) is 57.6 Å². The highest BCUT2D eigenvalue weighted by atomic mass is 16.1. The molecule has 0 bridgehead atoms. The zero-order chi connectivity index (χ0) is 14.1. The molecule has 20 heavy (non-hydrogen) atoms. The fraction of sp³-hybridized carbons (Fsp3) is 0.375. The number of benzene rings is 1. The van der Waals surface area contributed by atoms with Gasteiger partial charge in [-0.25, -0.2) is 4.98 Å². The molecule has 1 aromatic carbocycles. The Morgan fingerprint density at radius 1 is 1.25 bits per heavy atom. The van der Waals surface area contributed by atoms with E-state index in [0.29, 0.717) is 11.9 Å². The van der Waals surface area contributed by atoms with E-state index in [1.165, 1.54) is 17.2 Å². The van der Waals surface area contributed by atoms with E-state index in [0.717, 1.165) is 18.7 Å². The van der Waals surface area contributed by atoms with Gasteiger partial charge in [0.1, 0.15) is 11.6 Å². The van der Waals surface area contributed by atoms with Gasteiger partial charge in [-0.15, -0.1) is 0 Å². The quantitative estimate of drug-likeness (QED) is 0.900. The summed E-state index contributed by atoms with van der Waals surface area (Å²) in [5, 5.41) is 3.39. The Morgan fingerprint density at radius 3 is 2.50 bits per heavy atom. The predicted molar refractivity (Wildman–Crippen MR) is 80.2 cm³/mol. The largest absolute Gasteiger partial charge is 0.366 e. The Bertz CT molecular complexity index is 650. The number of hydrogen-bond acceptors (Lipinski definition) is 3. The highest BCUT2D eigenvalue weighted by Gasteiger charge is 2.21. The summed E-state index contributed by atoms with van der Waals surface area (Å²) in [6.07, 6.45) is 1.98. The summed E-state index contributed by atoms with van der Waals surface area (Å²) in [5.41, 5.74) is 2.68. The van der Waals surface area contributed by atoms with Crippen LogP contribution in [0.5, 0.6) is 0 Å². The molecule has 0 amide bonds. The molecule has 0 atom stereocenters. The van der Waals surface area contributed by atoms with Crippen molar-refractivity contribution in [2.24, 2.45) is 0 Å². The first-order valence-corrected chi connectivity index (χ1v) is 7.06. The molecule has 1 aliphatic carbocycles. The summed E-state index contributed by atoms with van der Waals surface area (Å²) in [7, 11) is 0. The Morgan fingerprint density at radius 2 is 1.90 bits per heavy atom. The van der Waals surface area contributed by atoms with Crippen LogP contribution in [-0.2, 0) is 12.8 Å². The summed E-state index contributed by atoms with van der Waals surface area (Å²) in [5.74, 6) is 1.62. The lowest BCUT2D eigenvalue weighted by Gasteiger charge is -2.14. The molecule has 2 aromatic rings. The molecule has 0 unspecified atom stereocenters. The van der Waals surface area contributed by atoms with Gasteiger partial charge in [-0.1, -0.05) is 38.1 Å². The SMILES string of the molecule is CC(C)c1nc(NC2Cc3ccccc3C2)cc(=O)[nH]1. The van der Waals surface area contributed by atoms with Crippen LogP contribution in [0.1, 0.15) is 36.7 Å². The first kappa shape index (κ1) is 12.9.